The van der Waals surface area contributed by atoms with Crippen LogP contribution >= 0.6 is 0 Å². The van der Waals surface area contributed by atoms with Crippen molar-refractivity contribution >= 4 is 17.3 Å². The van der Waals surface area contributed by atoms with Crippen molar-refractivity contribution in [3.8, 4) is 0 Å². The second-order valence-electron chi connectivity index (χ2n) is 4.31. The number of nitrogen functional groups attached to an aromatic ring is 1. The predicted molar refractivity (Wildman–Crippen MR) is 69.8 cm³/mol. The Bertz CT molecular complexity index is 408. The van der Waals surface area contributed by atoms with Crippen molar-refractivity contribution in [1.29, 1.82) is 0 Å². The molecule has 0 bridgehead atoms. The second-order valence-corrected chi connectivity index (χ2v) is 4.31. The number of nitrogens with two attached hydrogens (primary N) is 1. The summed E-state index contributed by atoms with van der Waals surface area (Å²) >= 11 is 0. The van der Waals surface area contributed by atoms with E-state index in [0.29, 0.717) is 25.1 Å². The van der Waals surface area contributed by atoms with E-state index in [1.807, 2.05) is 13.8 Å². The summed E-state index contributed by atoms with van der Waals surface area (Å²) < 4.78 is 18.6. The van der Waals surface area contributed by atoms with Crippen LogP contribution in [-0.2, 0) is 9.53 Å². The number of halogens is 1. The molecule has 5 heteroatoms. The molecule has 1 rings (SSSR count). The minimum absolute atomic E-state index is 0.116. The van der Waals surface area contributed by atoms with Gasteiger partial charge in [-0.15, -0.1) is 0 Å². The van der Waals surface area contributed by atoms with Crippen LogP contribution in [0.4, 0.5) is 15.8 Å². The van der Waals surface area contributed by atoms with E-state index in [9.17, 15) is 9.18 Å². The van der Waals surface area contributed by atoms with Gasteiger partial charge in [0.05, 0.1) is 11.8 Å². The van der Waals surface area contributed by atoms with Gasteiger partial charge in [0.15, 0.2) is 0 Å². The summed E-state index contributed by atoms with van der Waals surface area (Å²) in [5, 5.41) is 2.49. The molecule has 1 amide bonds. The first-order chi connectivity index (χ1) is 8.49. The predicted octanol–water partition coefficient (Wildman–Crippen LogP) is 2.55. The first-order valence-corrected chi connectivity index (χ1v) is 5.95. The van der Waals surface area contributed by atoms with E-state index in [0.717, 1.165) is 0 Å². The van der Waals surface area contributed by atoms with Crippen LogP contribution in [0.5, 0.6) is 0 Å². The van der Waals surface area contributed by atoms with E-state index in [2.05, 4.69) is 5.32 Å². The third-order valence-electron chi connectivity index (χ3n) is 2.26. The highest BCUT2D eigenvalue weighted by Gasteiger charge is 2.07. The highest BCUT2D eigenvalue weighted by molar-refractivity contribution is 5.91. The Hall–Kier alpha value is -1.62. The molecule has 0 aromatic heterocycles. The highest BCUT2D eigenvalue weighted by atomic mass is 19.1. The molecule has 0 atom stereocenters. The lowest BCUT2D eigenvalue weighted by Crippen LogP contribution is -2.14. The zero-order valence-electron chi connectivity index (χ0n) is 10.7. The van der Waals surface area contributed by atoms with Crippen molar-refractivity contribution in [3.05, 3.63) is 24.0 Å². The number of carbonyl (C=O) groups is 1. The molecule has 18 heavy (non-hydrogen) atoms. The maximum absolute atomic E-state index is 13.3. The number of benzene rings is 1. The molecule has 100 valence electrons. The number of carbonyl (C=O) groups excluding carboxylic acids is 1. The zero-order chi connectivity index (χ0) is 13.5. The molecule has 0 aliphatic heterocycles. The molecular weight excluding hydrogens is 235 g/mol. The van der Waals surface area contributed by atoms with Crippen molar-refractivity contribution in [2.75, 3.05) is 17.7 Å². The minimum atomic E-state index is -0.490. The van der Waals surface area contributed by atoms with Crippen molar-refractivity contribution in [3.63, 3.8) is 0 Å². The molecule has 3 N–H and O–H groups in total. The number of hydrogen-bond acceptors (Lipinski definition) is 3. The fourth-order valence-corrected chi connectivity index (χ4v) is 1.40. The standard InChI is InChI=1S/C13H19FN2O2/c1-9(2)18-7-3-4-13(17)16-12-8-10(15)5-6-11(12)14/h5-6,8-9H,3-4,7,15H2,1-2H3,(H,16,17). The lowest BCUT2D eigenvalue weighted by molar-refractivity contribution is -0.116. The Kier molecular flexibility index (Phi) is 5.58. The topological polar surface area (TPSA) is 64.3 Å². The molecule has 0 aliphatic rings. The molecule has 0 radical (unpaired) electrons. The van der Waals surface area contributed by atoms with E-state index in [1.54, 1.807) is 0 Å². The summed E-state index contributed by atoms with van der Waals surface area (Å²) in [6.45, 7) is 4.38. The Morgan fingerprint density at radius 2 is 2.22 bits per heavy atom. The number of rotatable bonds is 6. The lowest BCUT2D eigenvalue weighted by atomic mass is 10.2. The maximum Gasteiger partial charge on any atom is 0.224 e. The number of ether oxygens (including phenoxy) is 1. The number of anilines is 2. The monoisotopic (exact) mass is 254 g/mol. The fourth-order valence-electron chi connectivity index (χ4n) is 1.40. The van der Waals surface area contributed by atoms with E-state index in [1.165, 1.54) is 18.2 Å². The van der Waals surface area contributed by atoms with Gasteiger partial charge in [0, 0.05) is 18.7 Å². The number of amides is 1. The largest absolute Gasteiger partial charge is 0.399 e. The molecule has 1 aromatic rings. The Morgan fingerprint density at radius 1 is 1.50 bits per heavy atom. The van der Waals surface area contributed by atoms with Gasteiger partial charge in [0.25, 0.3) is 0 Å². The van der Waals surface area contributed by atoms with E-state index in [-0.39, 0.29) is 17.7 Å². The van der Waals surface area contributed by atoms with Gasteiger partial charge in [0.1, 0.15) is 5.82 Å². The van der Waals surface area contributed by atoms with Crippen molar-refractivity contribution in [2.45, 2.75) is 32.8 Å². The maximum atomic E-state index is 13.3. The molecule has 0 unspecified atom stereocenters. The van der Waals surface area contributed by atoms with Crippen LogP contribution in [0.15, 0.2) is 18.2 Å². The van der Waals surface area contributed by atoms with Gasteiger partial charge in [-0.1, -0.05) is 0 Å². The van der Waals surface area contributed by atoms with E-state index < -0.39 is 5.82 Å². The SMILES string of the molecule is CC(C)OCCCC(=O)Nc1cc(N)ccc1F. The zero-order valence-corrected chi connectivity index (χ0v) is 10.7. The molecule has 0 saturated carbocycles. The molecule has 0 fully saturated rings. The van der Waals surface area contributed by atoms with Gasteiger partial charge >= 0.3 is 0 Å². The van der Waals surface area contributed by atoms with Crippen LogP contribution in [0.1, 0.15) is 26.7 Å². The lowest BCUT2D eigenvalue weighted by Gasteiger charge is -2.08. The van der Waals surface area contributed by atoms with Crippen LogP contribution in [0.2, 0.25) is 0 Å². The molecule has 0 saturated heterocycles. The van der Waals surface area contributed by atoms with Gasteiger partial charge in [-0.3, -0.25) is 4.79 Å². The summed E-state index contributed by atoms with van der Waals surface area (Å²) in [5.74, 6) is -0.733. The van der Waals surface area contributed by atoms with E-state index in [4.69, 9.17) is 10.5 Å². The molecule has 0 aliphatic carbocycles. The minimum Gasteiger partial charge on any atom is -0.399 e. The smallest absolute Gasteiger partial charge is 0.224 e. The highest BCUT2D eigenvalue weighted by Crippen LogP contribution is 2.17. The fraction of sp³-hybridized carbons (Fsp3) is 0.462. The number of hydrogen-bond donors (Lipinski definition) is 2. The van der Waals surface area contributed by atoms with Crippen LogP contribution in [-0.4, -0.2) is 18.6 Å². The molecule has 0 heterocycles. The van der Waals surface area contributed by atoms with Crippen LogP contribution in [0.3, 0.4) is 0 Å². The average Bonchev–Trinajstić information content (AvgIpc) is 2.29. The van der Waals surface area contributed by atoms with Gasteiger partial charge in [-0.2, -0.15) is 0 Å². The molecule has 0 spiro atoms. The Balaban J connectivity index is 2.38. The van der Waals surface area contributed by atoms with Crippen molar-refractivity contribution in [2.24, 2.45) is 0 Å². The van der Waals surface area contributed by atoms with Crippen molar-refractivity contribution in [1.82, 2.24) is 0 Å². The molecule has 4 nitrogen and oxygen atoms in total. The van der Waals surface area contributed by atoms with Crippen molar-refractivity contribution < 1.29 is 13.9 Å². The number of nitrogens with one attached hydrogen (secondary N) is 1. The molecular formula is C13H19FN2O2. The first kappa shape index (κ1) is 14.4. The molecule has 1 aromatic carbocycles. The van der Waals surface area contributed by atoms with Crippen LogP contribution in [0.25, 0.3) is 0 Å². The second kappa shape index (κ2) is 6.96. The van der Waals surface area contributed by atoms with Gasteiger partial charge < -0.3 is 15.8 Å². The van der Waals surface area contributed by atoms with Crippen LogP contribution in [0, 0.1) is 5.82 Å². The van der Waals surface area contributed by atoms with Gasteiger partial charge in [0.2, 0.25) is 5.91 Å². The Morgan fingerprint density at radius 3 is 2.89 bits per heavy atom. The third-order valence-corrected chi connectivity index (χ3v) is 2.26. The van der Waals surface area contributed by atoms with Crippen LogP contribution < -0.4 is 11.1 Å². The van der Waals surface area contributed by atoms with E-state index >= 15 is 0 Å². The Labute approximate surface area is 106 Å². The summed E-state index contributed by atoms with van der Waals surface area (Å²) in [5.41, 5.74) is 6.05. The first-order valence-electron chi connectivity index (χ1n) is 5.95. The van der Waals surface area contributed by atoms with Gasteiger partial charge in [-0.05, 0) is 38.5 Å². The summed E-state index contributed by atoms with van der Waals surface area (Å²) in [4.78, 5) is 11.5. The summed E-state index contributed by atoms with van der Waals surface area (Å²) in [6, 6.07) is 4.08. The third kappa shape index (κ3) is 5.14. The quantitative estimate of drug-likeness (QED) is 0.605. The van der Waals surface area contributed by atoms with Gasteiger partial charge in [-0.25, -0.2) is 4.39 Å². The summed E-state index contributed by atoms with van der Waals surface area (Å²) in [7, 11) is 0. The summed E-state index contributed by atoms with van der Waals surface area (Å²) in [6.07, 6.45) is 1.05. The normalized spacial score (nSPS) is 10.7. The average molecular weight is 254 g/mol.